The van der Waals surface area contributed by atoms with Gasteiger partial charge in [-0.3, -0.25) is 0 Å². The molecule has 0 saturated carbocycles. The molecule has 0 atom stereocenters. The van der Waals surface area contributed by atoms with Crippen molar-refractivity contribution in [3.05, 3.63) is 90.0 Å². The SMILES string of the molecule is CNc1nccc(-c2cccnc2Oc2ccc(Nc3nnc(-c4ccsc4)c4ccccc34)cn2)n1. The number of benzene rings is 1. The Morgan fingerprint density at radius 2 is 1.76 bits per heavy atom. The van der Waals surface area contributed by atoms with Crippen LogP contribution in [0.5, 0.6) is 11.8 Å². The maximum Gasteiger partial charge on any atom is 0.230 e. The highest BCUT2D eigenvalue weighted by Crippen LogP contribution is 2.33. The first-order chi connectivity index (χ1) is 18.3. The molecule has 0 fully saturated rings. The first-order valence-electron chi connectivity index (χ1n) is 11.4. The summed E-state index contributed by atoms with van der Waals surface area (Å²) in [4.78, 5) is 17.5. The molecule has 0 unspecified atom stereocenters. The monoisotopic (exact) mass is 504 g/mol. The first kappa shape index (κ1) is 22.5. The number of fused-ring (bicyclic) bond motifs is 1. The van der Waals surface area contributed by atoms with Crippen LogP contribution in [0.15, 0.2) is 90.0 Å². The number of hydrogen-bond acceptors (Lipinski definition) is 10. The molecule has 1 aromatic carbocycles. The highest BCUT2D eigenvalue weighted by molar-refractivity contribution is 7.08. The Labute approximate surface area is 216 Å². The van der Waals surface area contributed by atoms with Crippen LogP contribution in [0, 0.1) is 0 Å². The van der Waals surface area contributed by atoms with Gasteiger partial charge < -0.3 is 15.4 Å². The summed E-state index contributed by atoms with van der Waals surface area (Å²) in [5.74, 6) is 1.97. The number of hydrogen-bond donors (Lipinski definition) is 2. The van der Waals surface area contributed by atoms with Crippen molar-refractivity contribution < 1.29 is 4.74 Å². The Morgan fingerprint density at radius 3 is 2.57 bits per heavy atom. The van der Waals surface area contributed by atoms with E-state index < -0.39 is 0 Å². The van der Waals surface area contributed by atoms with Gasteiger partial charge in [0, 0.05) is 47.2 Å². The highest BCUT2D eigenvalue weighted by Gasteiger charge is 2.13. The normalized spacial score (nSPS) is 10.8. The summed E-state index contributed by atoms with van der Waals surface area (Å²) < 4.78 is 6.01. The van der Waals surface area contributed by atoms with E-state index in [4.69, 9.17) is 4.74 Å². The molecular formula is C27H20N8OS. The van der Waals surface area contributed by atoms with E-state index >= 15 is 0 Å². The number of thiophene rings is 1. The van der Waals surface area contributed by atoms with Crippen LogP contribution >= 0.6 is 11.3 Å². The molecule has 0 spiro atoms. The van der Waals surface area contributed by atoms with Crippen LogP contribution in [0.3, 0.4) is 0 Å². The predicted molar refractivity (Wildman–Crippen MR) is 145 cm³/mol. The summed E-state index contributed by atoms with van der Waals surface area (Å²) in [5.41, 5.74) is 4.10. The number of pyridine rings is 2. The highest BCUT2D eigenvalue weighted by atomic mass is 32.1. The molecule has 0 aliphatic carbocycles. The average molecular weight is 505 g/mol. The van der Waals surface area contributed by atoms with Crippen molar-refractivity contribution in [2.75, 3.05) is 17.7 Å². The Morgan fingerprint density at radius 1 is 0.838 bits per heavy atom. The lowest BCUT2D eigenvalue weighted by molar-refractivity contribution is 0.446. The molecule has 0 aliphatic heterocycles. The second kappa shape index (κ2) is 9.96. The zero-order valence-electron chi connectivity index (χ0n) is 19.7. The molecule has 0 radical (unpaired) electrons. The second-order valence-electron chi connectivity index (χ2n) is 7.94. The zero-order chi connectivity index (χ0) is 25.0. The van der Waals surface area contributed by atoms with E-state index in [1.807, 2.05) is 47.8 Å². The van der Waals surface area contributed by atoms with E-state index in [9.17, 15) is 0 Å². The van der Waals surface area contributed by atoms with E-state index in [1.165, 1.54) is 0 Å². The number of ether oxygens (including phenoxy) is 1. The van der Waals surface area contributed by atoms with Gasteiger partial charge >= 0.3 is 0 Å². The Balaban J connectivity index is 1.25. The fraction of sp³-hybridized carbons (Fsp3) is 0.0370. The van der Waals surface area contributed by atoms with Crippen LogP contribution in [-0.2, 0) is 0 Å². The van der Waals surface area contributed by atoms with Crippen LogP contribution in [0.2, 0.25) is 0 Å². The lowest BCUT2D eigenvalue weighted by Crippen LogP contribution is -2.00. The van der Waals surface area contributed by atoms with E-state index in [1.54, 1.807) is 49.1 Å². The van der Waals surface area contributed by atoms with Gasteiger partial charge in [0.25, 0.3) is 0 Å². The third-order valence-electron chi connectivity index (χ3n) is 5.61. The number of nitrogens with zero attached hydrogens (tertiary/aromatic N) is 6. The summed E-state index contributed by atoms with van der Waals surface area (Å²) in [6.07, 6.45) is 5.03. The van der Waals surface area contributed by atoms with Crippen molar-refractivity contribution in [1.82, 2.24) is 30.1 Å². The molecule has 0 amide bonds. The maximum atomic E-state index is 6.01. The summed E-state index contributed by atoms with van der Waals surface area (Å²) in [7, 11) is 1.77. The smallest absolute Gasteiger partial charge is 0.230 e. The molecule has 5 heterocycles. The van der Waals surface area contributed by atoms with Gasteiger partial charge in [-0.1, -0.05) is 24.3 Å². The Bertz CT molecular complexity index is 1670. The lowest BCUT2D eigenvalue weighted by Gasteiger charge is -2.12. The standard InChI is InChI=1S/C27H20N8OS/c1-28-27-30-13-10-22(33-27)21-7-4-12-29-26(21)36-23-9-8-18(15-31-23)32-25-20-6-3-2-5-19(20)24(34-35-25)17-11-14-37-16-17/h2-16H,1H3,(H,32,35)(H,28,30,33). The Kier molecular flexibility index (Phi) is 6.05. The van der Waals surface area contributed by atoms with Crippen molar-refractivity contribution in [3.63, 3.8) is 0 Å². The molecular weight excluding hydrogens is 484 g/mol. The van der Waals surface area contributed by atoms with Crippen molar-refractivity contribution in [1.29, 1.82) is 0 Å². The summed E-state index contributed by atoms with van der Waals surface area (Å²) in [6.45, 7) is 0. The lowest BCUT2D eigenvalue weighted by atomic mass is 10.1. The van der Waals surface area contributed by atoms with Gasteiger partial charge in [0.05, 0.1) is 23.1 Å². The first-order valence-corrected chi connectivity index (χ1v) is 12.4. The van der Waals surface area contributed by atoms with Gasteiger partial charge in [0.15, 0.2) is 5.82 Å². The van der Waals surface area contributed by atoms with Crippen LogP contribution in [0.25, 0.3) is 33.3 Å². The molecule has 37 heavy (non-hydrogen) atoms. The number of rotatable bonds is 7. The molecule has 180 valence electrons. The zero-order valence-corrected chi connectivity index (χ0v) is 20.5. The molecule has 2 N–H and O–H groups in total. The fourth-order valence-corrected chi connectivity index (χ4v) is 4.50. The average Bonchev–Trinajstić information content (AvgIpc) is 3.49. The Hall–Kier alpha value is -4.96. The van der Waals surface area contributed by atoms with Gasteiger partial charge in [-0.15, -0.1) is 10.2 Å². The molecule has 0 bridgehead atoms. The molecule has 0 saturated heterocycles. The van der Waals surface area contributed by atoms with Gasteiger partial charge in [-0.05, 0) is 35.7 Å². The molecule has 9 nitrogen and oxygen atoms in total. The van der Waals surface area contributed by atoms with Gasteiger partial charge in [-0.25, -0.2) is 19.9 Å². The predicted octanol–water partition coefficient (Wildman–Crippen LogP) is 6.18. The maximum absolute atomic E-state index is 6.01. The minimum absolute atomic E-state index is 0.400. The topological polar surface area (TPSA) is 111 Å². The minimum atomic E-state index is 0.400. The summed E-state index contributed by atoms with van der Waals surface area (Å²) in [6, 6.07) is 19.3. The van der Waals surface area contributed by atoms with Crippen molar-refractivity contribution >= 4 is 39.6 Å². The van der Waals surface area contributed by atoms with Crippen molar-refractivity contribution in [3.8, 4) is 34.3 Å². The van der Waals surface area contributed by atoms with E-state index in [0.29, 0.717) is 29.2 Å². The van der Waals surface area contributed by atoms with Crippen LogP contribution in [0.1, 0.15) is 0 Å². The van der Waals surface area contributed by atoms with E-state index in [-0.39, 0.29) is 0 Å². The molecule has 10 heteroatoms. The minimum Gasteiger partial charge on any atom is -0.420 e. The number of nitrogens with one attached hydrogen (secondary N) is 2. The van der Waals surface area contributed by atoms with Crippen LogP contribution in [0.4, 0.5) is 17.5 Å². The van der Waals surface area contributed by atoms with Crippen molar-refractivity contribution in [2.45, 2.75) is 0 Å². The van der Waals surface area contributed by atoms with E-state index in [2.05, 4.69) is 52.2 Å². The summed E-state index contributed by atoms with van der Waals surface area (Å²) >= 11 is 1.64. The summed E-state index contributed by atoms with van der Waals surface area (Å²) in [5, 5.41) is 21.3. The third-order valence-corrected chi connectivity index (χ3v) is 6.29. The van der Waals surface area contributed by atoms with Crippen LogP contribution < -0.4 is 15.4 Å². The molecule has 6 rings (SSSR count). The van der Waals surface area contributed by atoms with Gasteiger partial charge in [-0.2, -0.15) is 11.3 Å². The van der Waals surface area contributed by atoms with E-state index in [0.717, 1.165) is 33.3 Å². The molecule has 6 aromatic rings. The molecule has 0 aliphatic rings. The van der Waals surface area contributed by atoms with Crippen molar-refractivity contribution in [2.24, 2.45) is 0 Å². The van der Waals surface area contributed by atoms with Crippen LogP contribution in [-0.4, -0.2) is 37.2 Å². The van der Waals surface area contributed by atoms with Gasteiger partial charge in [0.1, 0.15) is 5.69 Å². The second-order valence-corrected chi connectivity index (χ2v) is 8.72. The number of anilines is 3. The third kappa shape index (κ3) is 4.65. The fourth-order valence-electron chi connectivity index (χ4n) is 3.86. The number of aromatic nitrogens is 6. The molecule has 5 aromatic heterocycles. The quantitative estimate of drug-likeness (QED) is 0.263. The largest absolute Gasteiger partial charge is 0.420 e. The van der Waals surface area contributed by atoms with Gasteiger partial charge in [0.2, 0.25) is 17.7 Å².